The highest BCUT2D eigenvalue weighted by atomic mass is 127. The highest BCUT2D eigenvalue weighted by molar-refractivity contribution is 14.1. The van der Waals surface area contributed by atoms with E-state index in [0.717, 1.165) is 14.7 Å². The molecular weight excluding hydrogens is 379 g/mol. The molecule has 2 aromatic carbocycles. The van der Waals surface area contributed by atoms with Gasteiger partial charge >= 0.3 is 0 Å². The van der Waals surface area contributed by atoms with Crippen LogP contribution in [0.3, 0.4) is 0 Å². The zero-order chi connectivity index (χ0) is 15.4. The first kappa shape index (κ1) is 15.5. The van der Waals surface area contributed by atoms with Gasteiger partial charge in [-0.3, -0.25) is 20.4 Å². The van der Waals surface area contributed by atoms with Crippen molar-refractivity contribution in [2.24, 2.45) is 0 Å². The Labute approximate surface area is 137 Å². The van der Waals surface area contributed by atoms with Crippen molar-refractivity contribution in [1.82, 2.24) is 10.9 Å². The molecule has 0 spiro atoms. The van der Waals surface area contributed by atoms with Crippen LogP contribution in [0.1, 0.15) is 31.8 Å². The van der Waals surface area contributed by atoms with Gasteiger partial charge in [-0.05, 0) is 66.3 Å². The first-order valence-electron chi connectivity index (χ1n) is 6.41. The summed E-state index contributed by atoms with van der Waals surface area (Å²) in [6.45, 7) is 3.92. The van der Waals surface area contributed by atoms with Crippen LogP contribution in [0.4, 0.5) is 0 Å². The largest absolute Gasteiger partial charge is 0.269 e. The van der Waals surface area contributed by atoms with Crippen molar-refractivity contribution in [2.45, 2.75) is 13.8 Å². The van der Waals surface area contributed by atoms with Gasteiger partial charge in [-0.25, -0.2) is 0 Å². The van der Waals surface area contributed by atoms with E-state index in [1.165, 1.54) is 0 Å². The predicted molar refractivity (Wildman–Crippen MR) is 90.0 cm³/mol. The lowest BCUT2D eigenvalue weighted by atomic mass is 10.1. The second-order valence-corrected chi connectivity index (χ2v) is 5.90. The Morgan fingerprint density at radius 2 is 1.38 bits per heavy atom. The third kappa shape index (κ3) is 4.04. The third-order valence-corrected chi connectivity index (χ3v) is 4.20. The topological polar surface area (TPSA) is 58.2 Å². The number of amides is 2. The van der Waals surface area contributed by atoms with Crippen LogP contribution in [-0.4, -0.2) is 11.8 Å². The van der Waals surface area contributed by atoms with Crippen LogP contribution in [0.15, 0.2) is 42.5 Å². The predicted octanol–water partition coefficient (Wildman–Crippen LogP) is 2.98. The summed E-state index contributed by atoms with van der Waals surface area (Å²) in [5.41, 5.74) is 8.02. The Morgan fingerprint density at radius 1 is 0.857 bits per heavy atom. The number of carbonyl (C=O) groups excluding carboxylic acids is 2. The minimum atomic E-state index is -0.342. The van der Waals surface area contributed by atoms with Crippen LogP contribution < -0.4 is 10.9 Å². The summed E-state index contributed by atoms with van der Waals surface area (Å²) >= 11 is 2.17. The van der Waals surface area contributed by atoms with Gasteiger partial charge in [-0.1, -0.05) is 23.8 Å². The van der Waals surface area contributed by atoms with E-state index in [1.807, 2.05) is 32.0 Å². The number of hydrogen-bond acceptors (Lipinski definition) is 2. The van der Waals surface area contributed by atoms with Crippen molar-refractivity contribution >= 4 is 34.4 Å². The zero-order valence-corrected chi connectivity index (χ0v) is 13.9. The maximum absolute atomic E-state index is 12.0. The van der Waals surface area contributed by atoms with Crippen molar-refractivity contribution in [3.05, 3.63) is 68.3 Å². The Balaban J connectivity index is 1.98. The number of halogens is 1. The molecule has 0 unspecified atom stereocenters. The summed E-state index contributed by atoms with van der Waals surface area (Å²) in [5, 5.41) is 0. The summed E-state index contributed by atoms with van der Waals surface area (Å²) < 4.78 is 1.00. The monoisotopic (exact) mass is 394 g/mol. The second kappa shape index (κ2) is 6.71. The molecule has 2 amide bonds. The van der Waals surface area contributed by atoms with E-state index in [4.69, 9.17) is 0 Å². The summed E-state index contributed by atoms with van der Waals surface area (Å²) in [6, 6.07) is 12.5. The molecule has 2 rings (SSSR count). The summed E-state index contributed by atoms with van der Waals surface area (Å²) in [4.78, 5) is 23.9. The highest BCUT2D eigenvalue weighted by Gasteiger charge is 2.09. The van der Waals surface area contributed by atoms with Crippen LogP contribution in [0.2, 0.25) is 0 Å². The average molecular weight is 394 g/mol. The molecular formula is C16H15IN2O2. The van der Waals surface area contributed by atoms with Crippen LogP contribution in [0, 0.1) is 17.4 Å². The summed E-state index contributed by atoms with van der Waals surface area (Å²) in [5.74, 6) is -0.682. The molecule has 0 heterocycles. The van der Waals surface area contributed by atoms with E-state index in [0.29, 0.717) is 11.1 Å². The first-order chi connectivity index (χ1) is 9.97. The lowest BCUT2D eigenvalue weighted by Gasteiger charge is -2.08. The van der Waals surface area contributed by atoms with Crippen LogP contribution in [0.5, 0.6) is 0 Å². The molecule has 21 heavy (non-hydrogen) atoms. The minimum absolute atomic E-state index is 0.339. The fourth-order valence-electron chi connectivity index (χ4n) is 1.70. The smallest absolute Gasteiger partial charge is 0.267 e. The van der Waals surface area contributed by atoms with Crippen molar-refractivity contribution in [1.29, 1.82) is 0 Å². The van der Waals surface area contributed by atoms with Gasteiger partial charge in [0.15, 0.2) is 0 Å². The van der Waals surface area contributed by atoms with Gasteiger partial charge in [0.25, 0.3) is 11.8 Å². The number of rotatable bonds is 2. The third-order valence-electron chi connectivity index (χ3n) is 3.04. The molecule has 2 N–H and O–H groups in total. The van der Waals surface area contributed by atoms with Crippen LogP contribution in [-0.2, 0) is 0 Å². The number of hydrazine groups is 1. The molecule has 0 aliphatic rings. The Kier molecular flexibility index (Phi) is 4.95. The number of aryl methyl sites for hydroxylation is 2. The van der Waals surface area contributed by atoms with Gasteiger partial charge in [-0.2, -0.15) is 0 Å². The molecule has 0 bridgehead atoms. The molecule has 0 atom stereocenters. The van der Waals surface area contributed by atoms with E-state index in [9.17, 15) is 9.59 Å². The van der Waals surface area contributed by atoms with Gasteiger partial charge in [0.1, 0.15) is 0 Å². The molecule has 0 saturated carbocycles. The first-order valence-corrected chi connectivity index (χ1v) is 7.49. The maximum atomic E-state index is 12.0. The molecule has 0 aliphatic carbocycles. The standard InChI is InChI=1S/C16H15IN2O2/c1-10-3-6-12(7-4-10)15(20)18-19-16(21)13-8-5-11(2)14(17)9-13/h3-9H,1-2H3,(H,18,20)(H,19,21). The molecule has 0 aromatic heterocycles. The molecule has 0 fully saturated rings. The van der Waals surface area contributed by atoms with Gasteiger partial charge in [0.05, 0.1) is 0 Å². The van der Waals surface area contributed by atoms with Gasteiger partial charge in [0.2, 0.25) is 0 Å². The lowest BCUT2D eigenvalue weighted by Crippen LogP contribution is -2.41. The van der Waals surface area contributed by atoms with E-state index >= 15 is 0 Å². The summed E-state index contributed by atoms with van der Waals surface area (Å²) in [6.07, 6.45) is 0. The van der Waals surface area contributed by atoms with Crippen LogP contribution in [0.25, 0.3) is 0 Å². The fraction of sp³-hybridized carbons (Fsp3) is 0.125. The van der Waals surface area contributed by atoms with E-state index in [2.05, 4.69) is 33.4 Å². The molecule has 5 heteroatoms. The fourth-order valence-corrected chi connectivity index (χ4v) is 2.21. The molecule has 108 valence electrons. The Bertz CT molecular complexity index is 681. The average Bonchev–Trinajstić information content (AvgIpc) is 2.48. The lowest BCUT2D eigenvalue weighted by molar-refractivity contribution is 0.0846. The quantitative estimate of drug-likeness (QED) is 0.608. The van der Waals surface area contributed by atoms with Crippen molar-refractivity contribution in [3.63, 3.8) is 0 Å². The van der Waals surface area contributed by atoms with Crippen molar-refractivity contribution < 1.29 is 9.59 Å². The maximum Gasteiger partial charge on any atom is 0.269 e. The van der Waals surface area contributed by atoms with Crippen molar-refractivity contribution in [3.8, 4) is 0 Å². The second-order valence-electron chi connectivity index (χ2n) is 4.74. The van der Waals surface area contributed by atoms with Gasteiger partial charge in [0, 0.05) is 14.7 Å². The number of nitrogens with one attached hydrogen (secondary N) is 2. The summed E-state index contributed by atoms with van der Waals surface area (Å²) in [7, 11) is 0. The number of benzene rings is 2. The Hall–Kier alpha value is -1.89. The van der Waals surface area contributed by atoms with Gasteiger partial charge < -0.3 is 0 Å². The van der Waals surface area contributed by atoms with E-state index < -0.39 is 0 Å². The SMILES string of the molecule is Cc1ccc(C(=O)NNC(=O)c2ccc(C)c(I)c2)cc1. The van der Waals surface area contributed by atoms with Crippen LogP contribution >= 0.6 is 22.6 Å². The van der Waals surface area contributed by atoms with Crippen molar-refractivity contribution in [2.75, 3.05) is 0 Å². The normalized spacial score (nSPS) is 10.0. The van der Waals surface area contributed by atoms with Gasteiger partial charge in [-0.15, -0.1) is 0 Å². The zero-order valence-electron chi connectivity index (χ0n) is 11.7. The minimum Gasteiger partial charge on any atom is -0.267 e. The molecule has 0 aliphatic heterocycles. The highest BCUT2D eigenvalue weighted by Crippen LogP contribution is 2.13. The number of carbonyl (C=O) groups is 2. The molecule has 0 radical (unpaired) electrons. The Morgan fingerprint density at radius 3 is 1.95 bits per heavy atom. The molecule has 0 saturated heterocycles. The molecule has 2 aromatic rings. The number of hydrogen-bond donors (Lipinski definition) is 2. The van der Waals surface area contributed by atoms with E-state index in [-0.39, 0.29) is 11.8 Å². The van der Waals surface area contributed by atoms with E-state index in [1.54, 1.807) is 24.3 Å². The molecule has 4 nitrogen and oxygen atoms in total.